The Hall–Kier alpha value is -1.12. The Balaban J connectivity index is 3.45. The van der Waals surface area contributed by atoms with Crippen molar-refractivity contribution in [1.82, 2.24) is 9.78 Å². The molecule has 0 bridgehead atoms. The highest BCUT2D eigenvalue weighted by Gasteiger charge is 2.15. The smallest absolute Gasteiger partial charge is 0.267 e. The molecule has 0 aliphatic rings. The fourth-order valence-corrected chi connectivity index (χ4v) is 1.78. The summed E-state index contributed by atoms with van der Waals surface area (Å²) in [6.45, 7) is 10.9. The van der Waals surface area contributed by atoms with E-state index in [0.29, 0.717) is 12.5 Å². The summed E-state index contributed by atoms with van der Waals surface area (Å²) in [6.07, 6.45) is 1.84. The second-order valence-electron chi connectivity index (χ2n) is 4.44. The highest BCUT2D eigenvalue weighted by atomic mass is 16.1. The van der Waals surface area contributed by atoms with Gasteiger partial charge in [0.1, 0.15) is 0 Å². The van der Waals surface area contributed by atoms with Crippen molar-refractivity contribution >= 4 is 0 Å². The van der Waals surface area contributed by atoms with Gasteiger partial charge in [0.25, 0.3) is 5.56 Å². The molecule has 3 nitrogen and oxygen atoms in total. The fraction of sp³-hybridized carbons (Fsp3) is 0.667. The van der Waals surface area contributed by atoms with Crippen LogP contribution in [0.4, 0.5) is 0 Å². The first-order chi connectivity index (χ1) is 6.99. The minimum Gasteiger partial charge on any atom is -0.267 e. The summed E-state index contributed by atoms with van der Waals surface area (Å²) < 4.78 is 1.53. The van der Waals surface area contributed by atoms with E-state index in [4.69, 9.17) is 0 Å². The van der Waals surface area contributed by atoms with Crippen LogP contribution in [0.3, 0.4) is 0 Å². The monoisotopic (exact) mass is 208 g/mol. The standard InChI is InChI=1S/C12H20N2O/c1-6-14-12(15)11(9(4)5)10(7-13-14)8(2)3/h7-9H,6H2,1-5H3. The van der Waals surface area contributed by atoms with Gasteiger partial charge in [-0.05, 0) is 24.3 Å². The minimum atomic E-state index is 0.0682. The van der Waals surface area contributed by atoms with Gasteiger partial charge >= 0.3 is 0 Å². The molecule has 15 heavy (non-hydrogen) atoms. The summed E-state index contributed by atoms with van der Waals surface area (Å²) in [5.41, 5.74) is 2.07. The molecular weight excluding hydrogens is 188 g/mol. The summed E-state index contributed by atoms with van der Waals surface area (Å²) in [6, 6.07) is 0. The Morgan fingerprint density at radius 3 is 2.27 bits per heavy atom. The van der Waals surface area contributed by atoms with Crippen LogP contribution in [-0.2, 0) is 6.54 Å². The molecule has 0 spiro atoms. The maximum absolute atomic E-state index is 12.1. The zero-order valence-electron chi connectivity index (χ0n) is 10.2. The molecule has 0 amide bonds. The van der Waals surface area contributed by atoms with Gasteiger partial charge in [-0.2, -0.15) is 5.10 Å². The number of nitrogens with zero attached hydrogens (tertiary/aromatic N) is 2. The predicted octanol–water partition coefficient (Wildman–Crippen LogP) is 2.51. The van der Waals surface area contributed by atoms with Crippen molar-refractivity contribution in [3.05, 3.63) is 27.7 Å². The molecule has 1 aromatic heterocycles. The van der Waals surface area contributed by atoms with Gasteiger partial charge in [-0.25, -0.2) is 4.68 Å². The number of rotatable bonds is 3. The maximum atomic E-state index is 12.1. The molecule has 0 atom stereocenters. The summed E-state index contributed by atoms with van der Waals surface area (Å²) >= 11 is 0. The van der Waals surface area contributed by atoms with Gasteiger partial charge in [-0.15, -0.1) is 0 Å². The van der Waals surface area contributed by atoms with Crippen LogP contribution < -0.4 is 5.56 Å². The van der Waals surface area contributed by atoms with Crippen LogP contribution in [-0.4, -0.2) is 9.78 Å². The van der Waals surface area contributed by atoms with E-state index in [1.165, 1.54) is 4.68 Å². The van der Waals surface area contributed by atoms with Crippen LogP contribution in [0.15, 0.2) is 11.0 Å². The van der Waals surface area contributed by atoms with E-state index < -0.39 is 0 Å². The lowest BCUT2D eigenvalue weighted by molar-refractivity contribution is 0.588. The predicted molar refractivity (Wildman–Crippen MR) is 62.3 cm³/mol. The first-order valence-electron chi connectivity index (χ1n) is 5.58. The molecular formula is C12H20N2O. The number of aromatic nitrogens is 2. The molecule has 0 saturated heterocycles. The SMILES string of the molecule is CCn1ncc(C(C)C)c(C(C)C)c1=O. The van der Waals surface area contributed by atoms with Crippen LogP contribution in [0.25, 0.3) is 0 Å². The third-order valence-corrected chi connectivity index (χ3v) is 2.61. The summed E-state index contributed by atoms with van der Waals surface area (Å²) in [5, 5.41) is 4.17. The molecule has 0 aliphatic carbocycles. The van der Waals surface area contributed by atoms with Crippen molar-refractivity contribution in [3.8, 4) is 0 Å². The first-order valence-corrected chi connectivity index (χ1v) is 5.58. The zero-order chi connectivity index (χ0) is 11.6. The van der Waals surface area contributed by atoms with Crippen molar-refractivity contribution in [2.45, 2.75) is 53.0 Å². The molecule has 1 heterocycles. The molecule has 0 radical (unpaired) electrons. The second-order valence-corrected chi connectivity index (χ2v) is 4.44. The molecule has 3 heteroatoms. The van der Waals surface area contributed by atoms with E-state index in [2.05, 4.69) is 32.8 Å². The Morgan fingerprint density at radius 2 is 1.87 bits per heavy atom. The van der Waals surface area contributed by atoms with Crippen molar-refractivity contribution in [2.24, 2.45) is 0 Å². The maximum Gasteiger partial charge on any atom is 0.270 e. The normalized spacial score (nSPS) is 11.4. The van der Waals surface area contributed by atoms with Crippen molar-refractivity contribution in [2.75, 3.05) is 0 Å². The highest BCUT2D eigenvalue weighted by molar-refractivity contribution is 5.27. The van der Waals surface area contributed by atoms with E-state index in [-0.39, 0.29) is 11.5 Å². The van der Waals surface area contributed by atoms with Crippen LogP contribution in [0.1, 0.15) is 57.6 Å². The van der Waals surface area contributed by atoms with Crippen LogP contribution in [0, 0.1) is 0 Å². The summed E-state index contributed by atoms with van der Waals surface area (Å²) in [5.74, 6) is 0.616. The molecule has 0 N–H and O–H groups in total. The zero-order valence-corrected chi connectivity index (χ0v) is 10.2. The fourth-order valence-electron chi connectivity index (χ4n) is 1.78. The second kappa shape index (κ2) is 4.60. The first kappa shape index (κ1) is 12.0. The third-order valence-electron chi connectivity index (χ3n) is 2.61. The van der Waals surface area contributed by atoms with Crippen LogP contribution in [0.5, 0.6) is 0 Å². The minimum absolute atomic E-state index is 0.0682. The van der Waals surface area contributed by atoms with E-state index in [1.807, 2.05) is 13.1 Å². The van der Waals surface area contributed by atoms with Gasteiger partial charge in [0.05, 0.1) is 6.20 Å². The lowest BCUT2D eigenvalue weighted by Gasteiger charge is -2.15. The number of hydrogen-bond acceptors (Lipinski definition) is 2. The molecule has 1 rings (SSSR count). The van der Waals surface area contributed by atoms with E-state index >= 15 is 0 Å². The van der Waals surface area contributed by atoms with Gasteiger partial charge < -0.3 is 0 Å². The van der Waals surface area contributed by atoms with Gasteiger partial charge in [0.15, 0.2) is 0 Å². The van der Waals surface area contributed by atoms with Gasteiger partial charge in [-0.1, -0.05) is 27.7 Å². The molecule has 0 unspecified atom stereocenters. The average Bonchev–Trinajstić information content (AvgIpc) is 2.16. The quantitative estimate of drug-likeness (QED) is 0.765. The molecule has 0 aliphatic heterocycles. The molecule has 0 aromatic carbocycles. The Kier molecular flexibility index (Phi) is 3.66. The summed E-state index contributed by atoms with van der Waals surface area (Å²) in [4.78, 5) is 12.1. The lowest BCUT2D eigenvalue weighted by Crippen LogP contribution is -2.28. The number of aryl methyl sites for hydroxylation is 1. The van der Waals surface area contributed by atoms with E-state index in [1.54, 1.807) is 0 Å². The average molecular weight is 208 g/mol. The topological polar surface area (TPSA) is 34.9 Å². The Bertz CT molecular complexity index is 391. The van der Waals surface area contributed by atoms with Crippen LogP contribution in [0.2, 0.25) is 0 Å². The van der Waals surface area contributed by atoms with Crippen molar-refractivity contribution < 1.29 is 0 Å². The Labute approximate surface area is 91.1 Å². The molecule has 0 saturated carbocycles. The summed E-state index contributed by atoms with van der Waals surface area (Å²) in [7, 11) is 0. The van der Waals surface area contributed by atoms with Gasteiger partial charge in [-0.3, -0.25) is 4.79 Å². The van der Waals surface area contributed by atoms with Crippen molar-refractivity contribution in [3.63, 3.8) is 0 Å². The van der Waals surface area contributed by atoms with Gasteiger partial charge in [0, 0.05) is 12.1 Å². The van der Waals surface area contributed by atoms with E-state index in [9.17, 15) is 4.79 Å². The van der Waals surface area contributed by atoms with Crippen molar-refractivity contribution in [1.29, 1.82) is 0 Å². The largest absolute Gasteiger partial charge is 0.270 e. The lowest BCUT2D eigenvalue weighted by atomic mass is 9.93. The molecule has 1 aromatic rings. The third kappa shape index (κ3) is 2.28. The van der Waals surface area contributed by atoms with E-state index in [0.717, 1.165) is 11.1 Å². The van der Waals surface area contributed by atoms with Crippen LogP contribution >= 0.6 is 0 Å². The molecule has 0 fully saturated rings. The number of hydrogen-bond donors (Lipinski definition) is 0. The highest BCUT2D eigenvalue weighted by Crippen LogP contribution is 2.21. The van der Waals surface area contributed by atoms with Gasteiger partial charge in [0.2, 0.25) is 0 Å². The molecule has 84 valence electrons. The Morgan fingerprint density at radius 1 is 1.27 bits per heavy atom.